The second kappa shape index (κ2) is 13.0. The maximum absolute atomic E-state index is 14.8. The van der Waals surface area contributed by atoms with Crippen molar-refractivity contribution in [2.75, 3.05) is 26.7 Å². The molecule has 2 atom stereocenters. The molecular formula is C33H34F3N3O7. The quantitative estimate of drug-likeness (QED) is 0.142. The molecule has 0 aliphatic carbocycles. The minimum absolute atomic E-state index is 0.0521. The lowest BCUT2D eigenvalue weighted by atomic mass is 9.91. The molecule has 46 heavy (non-hydrogen) atoms. The molecule has 1 aromatic heterocycles. The van der Waals surface area contributed by atoms with Crippen molar-refractivity contribution >= 4 is 22.6 Å². The van der Waals surface area contributed by atoms with E-state index in [4.69, 9.17) is 9.47 Å². The summed E-state index contributed by atoms with van der Waals surface area (Å²) in [4.78, 5) is 24.0. The number of rotatable bonds is 11. The van der Waals surface area contributed by atoms with Crippen LogP contribution in [0, 0.1) is 10.1 Å². The molecule has 0 amide bonds. The zero-order valence-electron chi connectivity index (χ0n) is 25.2. The van der Waals surface area contributed by atoms with E-state index in [1.165, 1.54) is 34.9 Å². The molecule has 0 spiro atoms. The fourth-order valence-corrected chi connectivity index (χ4v) is 6.03. The van der Waals surface area contributed by atoms with Gasteiger partial charge in [-0.25, -0.2) is 0 Å². The Kier molecular flexibility index (Phi) is 9.27. The summed E-state index contributed by atoms with van der Waals surface area (Å²) in [6.07, 6.45) is -3.09. The van der Waals surface area contributed by atoms with Crippen molar-refractivity contribution in [1.82, 2.24) is 9.47 Å². The highest BCUT2D eigenvalue weighted by Crippen LogP contribution is 2.45. The number of β-amino-alcohol motifs (C(OH)–C–C–N with tert-alkyl or cyclic N) is 1. The molecular weight excluding hydrogens is 607 g/mol. The molecule has 1 saturated heterocycles. The van der Waals surface area contributed by atoms with Crippen molar-refractivity contribution in [3.05, 3.63) is 94.2 Å². The number of nitrogens with zero attached hydrogens (tertiary/aromatic N) is 3. The first-order valence-electron chi connectivity index (χ1n) is 14.8. The summed E-state index contributed by atoms with van der Waals surface area (Å²) >= 11 is 0. The van der Waals surface area contributed by atoms with Gasteiger partial charge in [-0.05, 0) is 55.2 Å². The summed E-state index contributed by atoms with van der Waals surface area (Å²) in [5, 5.41) is 32.5. The van der Waals surface area contributed by atoms with Gasteiger partial charge in [0.25, 0.3) is 5.69 Å². The van der Waals surface area contributed by atoms with Crippen molar-refractivity contribution in [1.29, 1.82) is 0 Å². The van der Waals surface area contributed by atoms with Crippen molar-refractivity contribution in [2.24, 2.45) is 0 Å². The summed E-state index contributed by atoms with van der Waals surface area (Å²) in [5.74, 6) is -0.883. The van der Waals surface area contributed by atoms with E-state index in [0.717, 1.165) is 6.07 Å². The van der Waals surface area contributed by atoms with Crippen LogP contribution in [0.25, 0.3) is 16.6 Å². The Balaban J connectivity index is 1.38. The number of aliphatic hydroxyl groups is 1. The molecule has 1 fully saturated rings. The highest BCUT2D eigenvalue weighted by atomic mass is 19.4. The third-order valence-corrected chi connectivity index (χ3v) is 8.53. The van der Waals surface area contributed by atoms with Crippen LogP contribution in [-0.2, 0) is 10.4 Å². The predicted molar refractivity (Wildman–Crippen MR) is 164 cm³/mol. The number of carboxylic acids is 1. The second-order valence-electron chi connectivity index (χ2n) is 11.4. The third-order valence-electron chi connectivity index (χ3n) is 8.53. The highest BCUT2D eigenvalue weighted by Gasteiger charge is 2.57. The van der Waals surface area contributed by atoms with Gasteiger partial charge >= 0.3 is 12.1 Å². The average molecular weight is 642 g/mol. The molecule has 0 saturated carbocycles. The Hall–Kier alpha value is -4.62. The van der Waals surface area contributed by atoms with Crippen LogP contribution in [0.5, 0.6) is 11.5 Å². The molecule has 2 N–H and O–H groups in total. The van der Waals surface area contributed by atoms with Crippen LogP contribution in [0.2, 0.25) is 0 Å². The van der Waals surface area contributed by atoms with Gasteiger partial charge in [0.05, 0.1) is 23.5 Å². The fraction of sp³-hybridized carbons (Fsp3) is 0.364. The first kappa shape index (κ1) is 32.8. The van der Waals surface area contributed by atoms with Gasteiger partial charge in [0.15, 0.2) is 11.5 Å². The number of hydrogen-bond donors (Lipinski definition) is 2. The Morgan fingerprint density at radius 2 is 1.76 bits per heavy atom. The van der Waals surface area contributed by atoms with E-state index in [2.05, 4.69) is 0 Å². The number of methoxy groups -OCH3 is 1. The molecule has 244 valence electrons. The highest BCUT2D eigenvalue weighted by molar-refractivity contribution is 5.88. The van der Waals surface area contributed by atoms with Gasteiger partial charge in [0, 0.05) is 54.6 Å². The predicted octanol–water partition coefficient (Wildman–Crippen LogP) is 6.42. The number of piperidine rings is 1. The molecule has 2 unspecified atom stereocenters. The molecule has 0 bridgehead atoms. The summed E-state index contributed by atoms with van der Waals surface area (Å²) in [5.41, 5.74) is -2.75. The SMILES string of the molecule is CCC(C(=O)O)c1ccc(OC2CCN(CC(O)(c3cn(-c4ccccc4)c4cc([N+](=O)[O-])ccc34)C(F)(F)F)CC2)c(OC)c1. The standard InChI is InChI=1S/C33H34F3N3O7/c1-3-25(31(40)41)21-9-12-29(30(17-21)45-2)46-24-13-15-37(16-14-24)20-32(42,33(34,35)36)27-19-38(22-7-5-4-6-8-22)28-18-23(39(43)44)10-11-26(27)28/h4-12,17-19,24-25,42H,3,13-16,20H2,1-2H3,(H,40,41). The van der Waals surface area contributed by atoms with Crippen molar-refractivity contribution < 1.29 is 42.6 Å². The second-order valence-corrected chi connectivity index (χ2v) is 11.4. The molecule has 1 aliphatic rings. The average Bonchev–Trinajstić information content (AvgIpc) is 3.42. The number of carboxylic acid groups (broad SMARTS) is 1. The number of nitro benzene ring substituents is 1. The van der Waals surface area contributed by atoms with Gasteiger partial charge in [0.1, 0.15) is 6.10 Å². The van der Waals surface area contributed by atoms with Crippen LogP contribution in [0.3, 0.4) is 0 Å². The molecule has 5 rings (SSSR count). The van der Waals surface area contributed by atoms with Crippen molar-refractivity contribution in [2.45, 2.75) is 50.0 Å². The topological polar surface area (TPSA) is 127 Å². The van der Waals surface area contributed by atoms with Gasteiger partial charge in [-0.3, -0.25) is 19.8 Å². The van der Waals surface area contributed by atoms with Crippen LogP contribution in [0.15, 0.2) is 72.9 Å². The van der Waals surface area contributed by atoms with Crippen LogP contribution in [0.4, 0.5) is 18.9 Å². The summed E-state index contributed by atoms with van der Waals surface area (Å²) in [7, 11) is 1.45. The molecule has 10 nitrogen and oxygen atoms in total. The molecule has 4 aromatic rings. The first-order valence-corrected chi connectivity index (χ1v) is 14.8. The summed E-state index contributed by atoms with van der Waals surface area (Å²) in [6, 6.07) is 17.0. The number of likely N-dealkylation sites (tertiary alicyclic amines) is 1. The lowest BCUT2D eigenvalue weighted by Crippen LogP contribution is -2.53. The number of hydrogen-bond acceptors (Lipinski definition) is 7. The van der Waals surface area contributed by atoms with Gasteiger partial charge in [0.2, 0.25) is 5.60 Å². The normalized spacial score (nSPS) is 16.6. The van der Waals surface area contributed by atoms with Gasteiger partial charge in [-0.2, -0.15) is 13.2 Å². The number of halogens is 3. The number of non-ortho nitro benzene ring substituents is 1. The zero-order chi connectivity index (χ0) is 33.2. The Morgan fingerprint density at radius 1 is 1.07 bits per heavy atom. The number of aromatic nitrogens is 1. The van der Waals surface area contributed by atoms with Crippen LogP contribution in [-0.4, -0.2) is 69.6 Å². The molecule has 2 heterocycles. The molecule has 3 aromatic carbocycles. The van der Waals surface area contributed by atoms with Crippen molar-refractivity contribution in [3.63, 3.8) is 0 Å². The number of para-hydroxylation sites is 1. The minimum Gasteiger partial charge on any atom is -0.493 e. The van der Waals surface area contributed by atoms with Gasteiger partial charge in [-0.15, -0.1) is 0 Å². The zero-order valence-corrected chi connectivity index (χ0v) is 25.2. The Bertz CT molecular complexity index is 1720. The number of nitro groups is 1. The lowest BCUT2D eigenvalue weighted by molar-refractivity contribution is -0.384. The summed E-state index contributed by atoms with van der Waals surface area (Å²) in [6.45, 7) is 1.42. The van der Waals surface area contributed by atoms with Crippen LogP contribution < -0.4 is 9.47 Å². The van der Waals surface area contributed by atoms with E-state index in [1.54, 1.807) is 55.5 Å². The minimum atomic E-state index is -5.07. The maximum Gasteiger partial charge on any atom is 0.422 e. The fourth-order valence-electron chi connectivity index (χ4n) is 6.03. The van der Waals surface area contributed by atoms with E-state index >= 15 is 0 Å². The molecule has 1 aliphatic heterocycles. The van der Waals surface area contributed by atoms with E-state index in [9.17, 15) is 38.3 Å². The van der Waals surface area contributed by atoms with Gasteiger partial charge < -0.3 is 24.3 Å². The molecule has 0 radical (unpaired) electrons. The third kappa shape index (κ3) is 6.38. The lowest BCUT2D eigenvalue weighted by Gasteiger charge is -2.39. The maximum atomic E-state index is 14.8. The largest absolute Gasteiger partial charge is 0.493 e. The smallest absolute Gasteiger partial charge is 0.422 e. The van der Waals surface area contributed by atoms with E-state index in [-0.39, 0.29) is 35.8 Å². The number of fused-ring (bicyclic) bond motifs is 1. The summed E-state index contributed by atoms with van der Waals surface area (Å²) < 4.78 is 57.5. The van der Waals surface area contributed by atoms with E-state index in [1.807, 2.05) is 0 Å². The van der Waals surface area contributed by atoms with Crippen LogP contribution in [0.1, 0.15) is 43.2 Å². The Labute approximate surface area is 262 Å². The number of aliphatic carboxylic acids is 1. The number of alkyl halides is 3. The number of ether oxygens (including phenoxy) is 2. The van der Waals surface area contributed by atoms with Crippen molar-refractivity contribution in [3.8, 4) is 17.2 Å². The van der Waals surface area contributed by atoms with E-state index < -0.39 is 40.7 Å². The Morgan fingerprint density at radius 3 is 2.35 bits per heavy atom. The van der Waals surface area contributed by atoms with Crippen LogP contribution >= 0.6 is 0 Å². The first-order chi connectivity index (χ1) is 21.9. The van der Waals surface area contributed by atoms with E-state index in [0.29, 0.717) is 42.0 Å². The number of carbonyl (C=O) groups is 1. The monoisotopic (exact) mass is 641 g/mol. The molecule has 13 heteroatoms. The number of benzene rings is 3. The van der Waals surface area contributed by atoms with Gasteiger partial charge in [-0.1, -0.05) is 31.2 Å².